The minimum atomic E-state index is -0.677. The van der Waals surface area contributed by atoms with Crippen molar-refractivity contribution in [2.75, 3.05) is 0 Å². The molecule has 2 aromatic carbocycles. The Kier molecular flexibility index (Phi) is 6.17. The molecule has 5 nitrogen and oxygen atoms in total. The van der Waals surface area contributed by atoms with E-state index in [1.165, 1.54) is 0 Å². The number of ether oxygens (including phenoxy) is 2. The highest BCUT2D eigenvalue weighted by atomic mass is 16.5. The van der Waals surface area contributed by atoms with Crippen molar-refractivity contribution in [3.05, 3.63) is 83.6 Å². The van der Waals surface area contributed by atoms with Gasteiger partial charge >= 0.3 is 6.01 Å². The molecule has 26 heavy (non-hydrogen) atoms. The molecule has 134 valence electrons. The van der Waals surface area contributed by atoms with Crippen molar-refractivity contribution in [2.24, 2.45) is 0 Å². The van der Waals surface area contributed by atoms with Crippen LogP contribution in [0, 0.1) is 0 Å². The van der Waals surface area contributed by atoms with Crippen LogP contribution in [0.15, 0.2) is 66.9 Å². The Hall–Kier alpha value is -2.92. The summed E-state index contributed by atoms with van der Waals surface area (Å²) in [4.78, 5) is 8.56. The predicted octanol–water partition coefficient (Wildman–Crippen LogP) is 4.08. The van der Waals surface area contributed by atoms with E-state index < -0.39 is 6.10 Å². The topological polar surface area (TPSA) is 64.5 Å². The number of aliphatic hydroxyl groups is 1. The summed E-state index contributed by atoms with van der Waals surface area (Å²) < 4.78 is 11.5. The number of benzene rings is 2. The fourth-order valence-electron chi connectivity index (χ4n) is 2.44. The molecule has 0 unspecified atom stereocenters. The van der Waals surface area contributed by atoms with Gasteiger partial charge in [-0.15, -0.1) is 0 Å². The lowest BCUT2D eigenvalue weighted by molar-refractivity contribution is 0.162. The maximum atomic E-state index is 10.2. The molecule has 5 heteroatoms. The molecular weight excluding hydrogens is 328 g/mol. The first-order chi connectivity index (χ1) is 12.8. The summed E-state index contributed by atoms with van der Waals surface area (Å²) in [6, 6.07) is 19.8. The Morgan fingerprint density at radius 2 is 1.46 bits per heavy atom. The normalized spacial score (nSPS) is 11.8. The molecule has 0 aliphatic carbocycles. The van der Waals surface area contributed by atoms with Gasteiger partial charge in [0.05, 0.1) is 11.7 Å². The number of rotatable bonds is 8. The van der Waals surface area contributed by atoms with Crippen molar-refractivity contribution < 1.29 is 14.6 Å². The molecule has 3 aromatic rings. The van der Waals surface area contributed by atoms with E-state index in [-0.39, 0.29) is 6.01 Å². The van der Waals surface area contributed by atoms with E-state index in [2.05, 4.69) is 9.97 Å². The Morgan fingerprint density at radius 1 is 0.885 bits per heavy atom. The number of aliphatic hydroxyl groups excluding tert-OH is 1. The molecule has 1 N–H and O–H groups in total. The highest BCUT2D eigenvalue weighted by Gasteiger charge is 2.16. The highest BCUT2D eigenvalue weighted by molar-refractivity contribution is 5.28. The van der Waals surface area contributed by atoms with Gasteiger partial charge in [-0.05, 0) is 17.5 Å². The number of nitrogens with zero attached hydrogens (tertiary/aromatic N) is 2. The van der Waals surface area contributed by atoms with Crippen LogP contribution in [0.3, 0.4) is 0 Å². The summed E-state index contributed by atoms with van der Waals surface area (Å²) in [6.07, 6.45) is 1.45. The van der Waals surface area contributed by atoms with Crippen molar-refractivity contribution in [1.29, 1.82) is 0 Å². The van der Waals surface area contributed by atoms with Gasteiger partial charge in [-0.1, -0.05) is 67.6 Å². The van der Waals surface area contributed by atoms with Crippen molar-refractivity contribution in [2.45, 2.75) is 32.7 Å². The minimum absolute atomic E-state index is 0.226. The molecule has 0 radical (unpaired) electrons. The number of aromatic nitrogens is 2. The third-order valence-corrected chi connectivity index (χ3v) is 3.93. The third-order valence-electron chi connectivity index (χ3n) is 3.93. The average Bonchev–Trinajstić information content (AvgIpc) is 2.71. The lowest BCUT2D eigenvalue weighted by Gasteiger charge is -2.15. The highest BCUT2D eigenvalue weighted by Crippen LogP contribution is 2.27. The summed E-state index contributed by atoms with van der Waals surface area (Å²) in [5, 5.41) is 10.2. The molecule has 1 heterocycles. The van der Waals surface area contributed by atoms with Crippen molar-refractivity contribution >= 4 is 0 Å². The van der Waals surface area contributed by atoms with Gasteiger partial charge < -0.3 is 14.6 Å². The maximum absolute atomic E-state index is 10.2. The van der Waals surface area contributed by atoms with E-state index in [0.717, 1.165) is 11.1 Å². The first-order valence-corrected chi connectivity index (χ1v) is 8.64. The fraction of sp³-hybridized carbons (Fsp3) is 0.238. The van der Waals surface area contributed by atoms with Gasteiger partial charge in [0.15, 0.2) is 0 Å². The third kappa shape index (κ3) is 4.80. The van der Waals surface area contributed by atoms with Crippen molar-refractivity contribution in [1.82, 2.24) is 9.97 Å². The van der Waals surface area contributed by atoms with Crippen molar-refractivity contribution in [3.63, 3.8) is 0 Å². The van der Waals surface area contributed by atoms with Gasteiger partial charge in [-0.25, -0.2) is 4.98 Å². The zero-order valence-electron chi connectivity index (χ0n) is 14.7. The van der Waals surface area contributed by atoms with Crippen LogP contribution in [-0.4, -0.2) is 15.1 Å². The summed E-state index contributed by atoms with van der Waals surface area (Å²) in [5.41, 5.74) is 2.62. The lowest BCUT2D eigenvalue weighted by Crippen LogP contribution is -2.08. The van der Waals surface area contributed by atoms with E-state index in [1.54, 1.807) is 6.20 Å². The van der Waals surface area contributed by atoms with Gasteiger partial charge in [0.25, 0.3) is 0 Å². The van der Waals surface area contributed by atoms with E-state index in [0.29, 0.717) is 31.1 Å². The average molecular weight is 350 g/mol. The van der Waals surface area contributed by atoms with Gasteiger partial charge in [-0.2, -0.15) is 4.98 Å². The van der Waals surface area contributed by atoms with E-state index in [9.17, 15) is 5.11 Å². The quantitative estimate of drug-likeness (QED) is 0.663. The first-order valence-electron chi connectivity index (χ1n) is 8.64. The molecule has 0 amide bonds. The maximum Gasteiger partial charge on any atom is 0.320 e. The summed E-state index contributed by atoms with van der Waals surface area (Å²) in [7, 11) is 0. The van der Waals surface area contributed by atoms with Crippen LogP contribution in [0.2, 0.25) is 0 Å². The molecule has 0 saturated carbocycles. The Morgan fingerprint density at radius 3 is 2.04 bits per heavy atom. The zero-order valence-corrected chi connectivity index (χ0v) is 14.7. The lowest BCUT2D eigenvalue weighted by atomic mass is 10.1. The second kappa shape index (κ2) is 8.97. The standard InChI is InChI=1S/C21H22N2O3/c1-2-19(24)18-13-22-21(26-15-17-11-7-4-8-12-17)23-20(18)25-14-16-9-5-3-6-10-16/h3-13,19,24H,2,14-15H2,1H3/t19-/m1/s1. The van der Waals surface area contributed by atoms with Crippen LogP contribution < -0.4 is 9.47 Å². The van der Waals surface area contributed by atoms with Crippen LogP contribution in [0.5, 0.6) is 11.9 Å². The summed E-state index contributed by atoms with van der Waals surface area (Å²) in [5.74, 6) is 0.348. The first kappa shape index (κ1) is 17.9. The molecule has 0 bridgehead atoms. The molecule has 0 aliphatic heterocycles. The predicted molar refractivity (Wildman–Crippen MR) is 98.8 cm³/mol. The van der Waals surface area contributed by atoms with Crippen LogP contribution in [0.25, 0.3) is 0 Å². The van der Waals surface area contributed by atoms with E-state index in [4.69, 9.17) is 9.47 Å². The van der Waals surface area contributed by atoms with Crippen LogP contribution in [0.4, 0.5) is 0 Å². The summed E-state index contributed by atoms with van der Waals surface area (Å²) in [6.45, 7) is 2.62. The van der Waals surface area contributed by atoms with Crippen LogP contribution in [0.1, 0.15) is 36.1 Å². The molecular formula is C21H22N2O3. The van der Waals surface area contributed by atoms with Crippen LogP contribution >= 0.6 is 0 Å². The van der Waals surface area contributed by atoms with Gasteiger partial charge in [-0.3, -0.25) is 0 Å². The Labute approximate surface area is 153 Å². The second-order valence-corrected chi connectivity index (χ2v) is 5.89. The SMILES string of the molecule is CC[C@@H](O)c1cnc(OCc2ccccc2)nc1OCc1ccccc1. The molecule has 0 spiro atoms. The molecule has 3 rings (SSSR count). The minimum Gasteiger partial charge on any atom is -0.472 e. The molecule has 0 saturated heterocycles. The van der Waals surface area contributed by atoms with Gasteiger partial charge in [0.1, 0.15) is 13.2 Å². The molecule has 0 fully saturated rings. The van der Waals surface area contributed by atoms with Gasteiger partial charge in [0, 0.05) is 6.20 Å². The Bertz CT molecular complexity index is 810. The number of hydrogen-bond acceptors (Lipinski definition) is 5. The van der Waals surface area contributed by atoms with Crippen LogP contribution in [-0.2, 0) is 13.2 Å². The Balaban J connectivity index is 1.74. The van der Waals surface area contributed by atoms with E-state index in [1.807, 2.05) is 67.6 Å². The second-order valence-electron chi connectivity index (χ2n) is 5.89. The molecule has 1 atom stereocenters. The largest absolute Gasteiger partial charge is 0.472 e. The van der Waals surface area contributed by atoms with E-state index >= 15 is 0 Å². The van der Waals surface area contributed by atoms with Crippen molar-refractivity contribution in [3.8, 4) is 11.9 Å². The fourth-order valence-corrected chi connectivity index (χ4v) is 2.44. The smallest absolute Gasteiger partial charge is 0.320 e. The van der Waals surface area contributed by atoms with Gasteiger partial charge in [0.2, 0.25) is 5.88 Å². The number of hydrogen-bond donors (Lipinski definition) is 1. The monoisotopic (exact) mass is 350 g/mol. The summed E-state index contributed by atoms with van der Waals surface area (Å²) >= 11 is 0. The molecule has 1 aromatic heterocycles. The molecule has 0 aliphatic rings. The zero-order chi connectivity index (χ0) is 18.2.